The highest BCUT2D eigenvalue weighted by Gasteiger charge is 2.40. The Hall–Kier alpha value is -2.90. The maximum absolute atomic E-state index is 13.3. The Morgan fingerprint density at radius 3 is 2.59 bits per heavy atom. The number of hydrogen-bond acceptors (Lipinski definition) is 5. The summed E-state index contributed by atoms with van der Waals surface area (Å²) in [5.41, 5.74) is 2.17. The van der Waals surface area contributed by atoms with Crippen LogP contribution in [0.5, 0.6) is 5.75 Å². The predicted octanol–water partition coefficient (Wildman–Crippen LogP) is 4.91. The summed E-state index contributed by atoms with van der Waals surface area (Å²) in [4.78, 5) is 28.5. The van der Waals surface area contributed by atoms with Crippen molar-refractivity contribution in [3.8, 4) is 5.75 Å². The van der Waals surface area contributed by atoms with Gasteiger partial charge in [-0.05, 0) is 35.7 Å². The molecule has 0 unspecified atom stereocenters. The third kappa shape index (κ3) is 3.83. The summed E-state index contributed by atoms with van der Waals surface area (Å²) in [6, 6.07) is 18.6. The van der Waals surface area contributed by atoms with Gasteiger partial charge in [0.2, 0.25) is 0 Å². The van der Waals surface area contributed by atoms with Crippen LogP contribution in [0, 0.1) is 0 Å². The van der Waals surface area contributed by atoms with Crippen molar-refractivity contribution in [2.24, 2.45) is 0 Å². The number of methoxy groups -OCH3 is 1. The second-order valence-electron chi connectivity index (χ2n) is 6.37. The average Bonchev–Trinajstić information content (AvgIpc) is 3.32. The first-order valence-corrected chi connectivity index (χ1v) is 10.5. The fraction of sp³-hybridized carbons (Fsp3) is 0.0909. The topological polar surface area (TPSA) is 58.6 Å². The molecule has 2 amide bonds. The van der Waals surface area contributed by atoms with Gasteiger partial charge in [0.15, 0.2) is 0 Å². The molecule has 1 aliphatic rings. The highest BCUT2D eigenvalue weighted by atomic mass is 79.9. The predicted molar refractivity (Wildman–Crippen MR) is 118 cm³/mol. The summed E-state index contributed by atoms with van der Waals surface area (Å²) in [6.45, 7) is 0.139. The lowest BCUT2D eigenvalue weighted by atomic mass is 10.1. The van der Waals surface area contributed by atoms with Gasteiger partial charge in [-0.2, -0.15) is 0 Å². The molecule has 146 valence electrons. The molecule has 0 bridgehead atoms. The largest absolute Gasteiger partial charge is 0.496 e. The first-order chi connectivity index (χ1) is 14.1. The molecule has 0 fully saturated rings. The third-order valence-corrected chi connectivity index (χ3v) is 5.93. The molecule has 7 heteroatoms. The number of nitrogens with zero attached hydrogens (tertiary/aromatic N) is 1. The summed E-state index contributed by atoms with van der Waals surface area (Å²) in [5.74, 6) is -0.0377. The Labute approximate surface area is 180 Å². The molecule has 1 N–H and O–H groups in total. The number of nitrogens with one attached hydrogen (secondary N) is 1. The number of thiophene rings is 1. The van der Waals surface area contributed by atoms with Gasteiger partial charge in [-0.25, -0.2) is 0 Å². The molecule has 0 radical (unpaired) electrons. The molecular weight excluding hydrogens is 452 g/mol. The first kappa shape index (κ1) is 19.4. The molecule has 0 saturated heterocycles. The summed E-state index contributed by atoms with van der Waals surface area (Å²) >= 11 is 4.86. The maximum Gasteiger partial charge on any atom is 0.278 e. The van der Waals surface area contributed by atoms with Crippen molar-refractivity contribution in [2.75, 3.05) is 12.4 Å². The van der Waals surface area contributed by atoms with Gasteiger partial charge >= 0.3 is 0 Å². The second kappa shape index (κ2) is 8.23. The van der Waals surface area contributed by atoms with Crippen LogP contribution in [-0.4, -0.2) is 23.8 Å². The fourth-order valence-electron chi connectivity index (χ4n) is 3.20. The van der Waals surface area contributed by atoms with Gasteiger partial charge in [0, 0.05) is 20.6 Å². The van der Waals surface area contributed by atoms with Gasteiger partial charge in [-0.3, -0.25) is 14.5 Å². The SMILES string of the molecule is COc1ccccc1CN1C(=O)C(Nc2cccc(Br)c2)=C(c2cccs2)C1=O. The van der Waals surface area contributed by atoms with Crippen molar-refractivity contribution >= 4 is 50.3 Å². The highest BCUT2D eigenvalue weighted by molar-refractivity contribution is 9.10. The van der Waals surface area contributed by atoms with E-state index in [0.29, 0.717) is 11.3 Å². The molecule has 2 aromatic carbocycles. The van der Waals surface area contributed by atoms with Crippen molar-refractivity contribution in [3.05, 3.63) is 86.7 Å². The number of ether oxygens (including phenoxy) is 1. The Morgan fingerprint density at radius 2 is 1.86 bits per heavy atom. The number of benzene rings is 2. The molecule has 0 aliphatic carbocycles. The van der Waals surface area contributed by atoms with E-state index in [2.05, 4.69) is 21.2 Å². The molecule has 0 saturated carbocycles. The van der Waals surface area contributed by atoms with E-state index in [1.54, 1.807) is 7.11 Å². The lowest BCUT2D eigenvalue weighted by Crippen LogP contribution is -2.32. The molecule has 29 heavy (non-hydrogen) atoms. The molecular formula is C22H17BrN2O3S. The highest BCUT2D eigenvalue weighted by Crippen LogP contribution is 2.34. The maximum atomic E-state index is 13.3. The van der Waals surface area contributed by atoms with E-state index in [4.69, 9.17) is 4.74 Å². The van der Waals surface area contributed by atoms with Gasteiger partial charge in [0.1, 0.15) is 11.4 Å². The standard InChI is InChI=1S/C22H17BrN2O3S/c1-28-17-9-3-2-6-14(17)13-25-21(26)19(18-10-5-11-29-18)20(22(25)27)24-16-8-4-7-15(23)12-16/h2-12,24H,13H2,1H3. The van der Waals surface area contributed by atoms with Gasteiger partial charge in [0.05, 0.1) is 19.2 Å². The number of imide groups is 1. The summed E-state index contributed by atoms with van der Waals surface area (Å²) in [5, 5.41) is 5.05. The van der Waals surface area contributed by atoms with Crippen LogP contribution in [0.1, 0.15) is 10.4 Å². The van der Waals surface area contributed by atoms with E-state index in [1.807, 2.05) is 66.0 Å². The smallest absolute Gasteiger partial charge is 0.278 e. The second-order valence-corrected chi connectivity index (χ2v) is 8.23. The molecule has 0 spiro atoms. The Bertz CT molecular complexity index is 1110. The number of amides is 2. The quantitative estimate of drug-likeness (QED) is 0.522. The van der Waals surface area contributed by atoms with Crippen LogP contribution in [0.2, 0.25) is 0 Å². The number of carbonyl (C=O) groups excluding carboxylic acids is 2. The van der Waals surface area contributed by atoms with E-state index in [0.717, 1.165) is 20.6 Å². The van der Waals surface area contributed by atoms with Crippen LogP contribution in [-0.2, 0) is 16.1 Å². The molecule has 1 aliphatic heterocycles. The van der Waals surface area contributed by atoms with E-state index >= 15 is 0 Å². The lowest BCUT2D eigenvalue weighted by Gasteiger charge is -2.17. The zero-order valence-corrected chi connectivity index (χ0v) is 17.9. The molecule has 3 aromatic rings. The Kier molecular flexibility index (Phi) is 5.51. The number of anilines is 1. The van der Waals surface area contributed by atoms with Crippen molar-refractivity contribution in [1.82, 2.24) is 4.90 Å². The number of para-hydroxylation sites is 1. The summed E-state index contributed by atoms with van der Waals surface area (Å²) in [7, 11) is 1.57. The minimum atomic E-state index is -0.357. The fourth-order valence-corrected chi connectivity index (χ4v) is 4.37. The zero-order valence-electron chi connectivity index (χ0n) is 15.5. The normalized spacial score (nSPS) is 13.9. The van der Waals surface area contributed by atoms with Crippen LogP contribution >= 0.6 is 27.3 Å². The molecule has 2 heterocycles. The van der Waals surface area contributed by atoms with Crippen LogP contribution < -0.4 is 10.1 Å². The monoisotopic (exact) mass is 468 g/mol. The minimum absolute atomic E-state index is 0.139. The number of rotatable bonds is 6. The number of halogens is 1. The summed E-state index contributed by atoms with van der Waals surface area (Å²) < 4.78 is 6.26. The van der Waals surface area contributed by atoms with Crippen molar-refractivity contribution < 1.29 is 14.3 Å². The third-order valence-electron chi connectivity index (χ3n) is 4.55. The Morgan fingerprint density at radius 1 is 1.03 bits per heavy atom. The Balaban J connectivity index is 1.72. The van der Waals surface area contributed by atoms with Crippen LogP contribution in [0.25, 0.3) is 5.57 Å². The van der Waals surface area contributed by atoms with E-state index < -0.39 is 0 Å². The first-order valence-electron chi connectivity index (χ1n) is 8.87. The molecule has 1 aromatic heterocycles. The van der Waals surface area contributed by atoms with Crippen molar-refractivity contribution in [1.29, 1.82) is 0 Å². The average molecular weight is 469 g/mol. The van der Waals surface area contributed by atoms with E-state index in [9.17, 15) is 9.59 Å². The lowest BCUT2D eigenvalue weighted by molar-refractivity contribution is -0.137. The van der Waals surface area contributed by atoms with E-state index in [1.165, 1.54) is 16.2 Å². The van der Waals surface area contributed by atoms with E-state index in [-0.39, 0.29) is 24.1 Å². The van der Waals surface area contributed by atoms with Gasteiger partial charge in [-0.1, -0.05) is 46.3 Å². The molecule has 4 rings (SSSR count). The minimum Gasteiger partial charge on any atom is -0.496 e. The van der Waals surface area contributed by atoms with Crippen LogP contribution in [0.3, 0.4) is 0 Å². The van der Waals surface area contributed by atoms with Gasteiger partial charge in [-0.15, -0.1) is 11.3 Å². The number of carbonyl (C=O) groups is 2. The summed E-state index contributed by atoms with van der Waals surface area (Å²) in [6.07, 6.45) is 0. The molecule has 5 nitrogen and oxygen atoms in total. The van der Waals surface area contributed by atoms with Crippen molar-refractivity contribution in [2.45, 2.75) is 6.54 Å². The van der Waals surface area contributed by atoms with Gasteiger partial charge < -0.3 is 10.1 Å². The molecule has 0 atom stereocenters. The van der Waals surface area contributed by atoms with Gasteiger partial charge in [0.25, 0.3) is 11.8 Å². The van der Waals surface area contributed by atoms with Crippen LogP contribution in [0.4, 0.5) is 5.69 Å². The van der Waals surface area contributed by atoms with Crippen molar-refractivity contribution in [3.63, 3.8) is 0 Å². The van der Waals surface area contributed by atoms with Crippen LogP contribution in [0.15, 0.2) is 76.2 Å². The number of hydrogen-bond donors (Lipinski definition) is 1. The zero-order chi connectivity index (χ0) is 20.4.